The van der Waals surface area contributed by atoms with Crippen LogP contribution in [0, 0.1) is 5.82 Å². The lowest BCUT2D eigenvalue weighted by Gasteiger charge is -2.29. The van der Waals surface area contributed by atoms with E-state index in [9.17, 15) is 4.39 Å². The third kappa shape index (κ3) is 4.98. The van der Waals surface area contributed by atoms with E-state index < -0.39 is 0 Å². The molecule has 0 saturated heterocycles. The maximum absolute atomic E-state index is 13.2. The van der Waals surface area contributed by atoms with Gasteiger partial charge in [0.15, 0.2) is 5.82 Å². The van der Waals surface area contributed by atoms with Crippen molar-refractivity contribution in [3.05, 3.63) is 71.4 Å². The largest absolute Gasteiger partial charge is 0.368 e. The summed E-state index contributed by atoms with van der Waals surface area (Å²) in [5.74, 6) is 1.44. The molecule has 30 heavy (non-hydrogen) atoms. The fourth-order valence-electron chi connectivity index (χ4n) is 3.64. The predicted molar refractivity (Wildman–Crippen MR) is 117 cm³/mol. The van der Waals surface area contributed by atoms with Crippen molar-refractivity contribution >= 4 is 5.82 Å². The summed E-state index contributed by atoms with van der Waals surface area (Å²) in [7, 11) is 4.12. The van der Waals surface area contributed by atoms with Crippen molar-refractivity contribution in [3.8, 4) is 11.4 Å². The Morgan fingerprint density at radius 3 is 2.57 bits per heavy atom. The number of aromatic nitrogens is 3. The van der Waals surface area contributed by atoms with Gasteiger partial charge < -0.3 is 10.2 Å². The standard InChI is InChI=1S/C23H27FN6/c1-29(2)14-12-26-23-20-9-13-30(15-17-3-5-19(24)6-4-17)16-21(20)27-22(28-23)18-7-10-25-11-8-18/h3-8,10-11H,9,12-16H2,1-2H3,(H,26,27,28). The van der Waals surface area contributed by atoms with Gasteiger partial charge >= 0.3 is 0 Å². The zero-order chi connectivity index (χ0) is 20.9. The third-order valence-electron chi connectivity index (χ3n) is 5.25. The first-order valence-corrected chi connectivity index (χ1v) is 10.2. The topological polar surface area (TPSA) is 57.2 Å². The van der Waals surface area contributed by atoms with Crippen molar-refractivity contribution in [2.24, 2.45) is 0 Å². The lowest BCUT2D eigenvalue weighted by Crippen LogP contribution is -2.32. The van der Waals surface area contributed by atoms with Crippen LogP contribution in [0.1, 0.15) is 16.8 Å². The Morgan fingerprint density at radius 1 is 1.07 bits per heavy atom. The highest BCUT2D eigenvalue weighted by molar-refractivity contribution is 5.59. The average molecular weight is 407 g/mol. The molecule has 0 unspecified atom stereocenters. The van der Waals surface area contributed by atoms with E-state index in [0.29, 0.717) is 5.82 Å². The number of rotatable bonds is 7. The molecule has 3 heterocycles. The molecule has 6 nitrogen and oxygen atoms in total. The molecule has 0 bridgehead atoms. The molecule has 0 radical (unpaired) electrons. The Balaban J connectivity index is 1.59. The van der Waals surface area contributed by atoms with Crippen LogP contribution < -0.4 is 5.32 Å². The first kappa shape index (κ1) is 20.4. The Morgan fingerprint density at radius 2 is 1.83 bits per heavy atom. The molecule has 4 rings (SSSR count). The van der Waals surface area contributed by atoms with Crippen molar-refractivity contribution in [1.29, 1.82) is 0 Å². The summed E-state index contributed by atoms with van der Waals surface area (Å²) in [6, 6.07) is 10.6. The first-order chi connectivity index (χ1) is 14.6. The maximum Gasteiger partial charge on any atom is 0.161 e. The van der Waals surface area contributed by atoms with Crippen LogP contribution in [-0.2, 0) is 19.5 Å². The Labute approximate surface area is 176 Å². The minimum atomic E-state index is -0.203. The van der Waals surface area contributed by atoms with E-state index in [1.807, 2.05) is 24.3 Å². The Bertz CT molecular complexity index is 975. The minimum absolute atomic E-state index is 0.203. The molecule has 0 fully saturated rings. The number of halogens is 1. The summed E-state index contributed by atoms with van der Waals surface area (Å²) in [5.41, 5.74) is 4.31. The zero-order valence-corrected chi connectivity index (χ0v) is 17.5. The van der Waals surface area contributed by atoms with Gasteiger partial charge in [-0.25, -0.2) is 14.4 Å². The Hall–Kier alpha value is -2.90. The van der Waals surface area contributed by atoms with Crippen LogP contribution in [-0.4, -0.2) is 58.5 Å². The molecule has 1 aliphatic heterocycles. The lowest BCUT2D eigenvalue weighted by atomic mass is 10.0. The number of hydrogen-bond donors (Lipinski definition) is 1. The molecule has 0 spiro atoms. The van der Waals surface area contributed by atoms with Gasteiger partial charge in [-0.3, -0.25) is 9.88 Å². The minimum Gasteiger partial charge on any atom is -0.368 e. The van der Waals surface area contributed by atoms with Crippen LogP contribution in [0.2, 0.25) is 0 Å². The third-order valence-corrected chi connectivity index (χ3v) is 5.25. The van der Waals surface area contributed by atoms with Crippen molar-refractivity contribution < 1.29 is 4.39 Å². The number of anilines is 1. The van der Waals surface area contributed by atoms with Crippen molar-refractivity contribution in [2.45, 2.75) is 19.5 Å². The van der Waals surface area contributed by atoms with Gasteiger partial charge in [-0.05, 0) is 50.3 Å². The van der Waals surface area contributed by atoms with Crippen LogP contribution in [0.3, 0.4) is 0 Å². The van der Waals surface area contributed by atoms with E-state index in [1.54, 1.807) is 12.4 Å². The summed E-state index contributed by atoms with van der Waals surface area (Å²) in [6.07, 6.45) is 4.41. The molecule has 0 saturated carbocycles. The van der Waals surface area contributed by atoms with Gasteiger partial charge in [-0.15, -0.1) is 0 Å². The van der Waals surface area contributed by atoms with Crippen molar-refractivity contribution in [1.82, 2.24) is 24.8 Å². The normalized spacial score (nSPS) is 14.0. The van der Waals surface area contributed by atoms with Crippen LogP contribution in [0.5, 0.6) is 0 Å². The summed E-state index contributed by atoms with van der Waals surface area (Å²) in [6.45, 7) is 4.20. The molecule has 0 amide bonds. The molecule has 2 aromatic heterocycles. The SMILES string of the molecule is CN(C)CCNc1nc(-c2ccncc2)nc2c1CCN(Cc1ccc(F)cc1)C2. The van der Waals surface area contributed by atoms with Gasteiger partial charge in [0.05, 0.1) is 5.69 Å². The molecule has 1 aromatic carbocycles. The van der Waals surface area contributed by atoms with E-state index in [1.165, 1.54) is 17.7 Å². The molecule has 156 valence electrons. The van der Waals surface area contributed by atoms with Gasteiger partial charge in [0, 0.05) is 56.2 Å². The number of nitrogens with one attached hydrogen (secondary N) is 1. The first-order valence-electron chi connectivity index (χ1n) is 10.2. The van der Waals surface area contributed by atoms with Gasteiger partial charge in [0.25, 0.3) is 0 Å². The molecular weight excluding hydrogens is 379 g/mol. The van der Waals surface area contributed by atoms with E-state index in [-0.39, 0.29) is 5.82 Å². The van der Waals surface area contributed by atoms with Crippen LogP contribution in [0.25, 0.3) is 11.4 Å². The van der Waals surface area contributed by atoms with Crippen molar-refractivity contribution in [2.75, 3.05) is 39.0 Å². The summed E-state index contributed by atoms with van der Waals surface area (Å²) >= 11 is 0. The van der Waals surface area contributed by atoms with Crippen LogP contribution >= 0.6 is 0 Å². The molecular formula is C23H27FN6. The second-order valence-corrected chi connectivity index (χ2v) is 7.87. The molecule has 7 heteroatoms. The fraction of sp³-hybridized carbons (Fsp3) is 0.348. The van der Waals surface area contributed by atoms with Gasteiger partial charge in [-0.1, -0.05) is 12.1 Å². The molecule has 1 N–H and O–H groups in total. The number of pyridine rings is 1. The summed E-state index contributed by atoms with van der Waals surface area (Å²) in [4.78, 5) is 18.3. The van der Waals surface area contributed by atoms with Crippen LogP contribution in [0.4, 0.5) is 10.2 Å². The molecule has 0 atom stereocenters. The zero-order valence-electron chi connectivity index (χ0n) is 17.5. The number of fused-ring (bicyclic) bond motifs is 1. The quantitative estimate of drug-likeness (QED) is 0.650. The Kier molecular flexibility index (Phi) is 6.30. The number of benzene rings is 1. The maximum atomic E-state index is 13.2. The van der Waals surface area contributed by atoms with E-state index in [2.05, 4.69) is 34.2 Å². The summed E-state index contributed by atoms with van der Waals surface area (Å²) in [5, 5.41) is 3.52. The average Bonchev–Trinajstić information content (AvgIpc) is 2.75. The van der Waals surface area contributed by atoms with Gasteiger partial charge in [-0.2, -0.15) is 0 Å². The van der Waals surface area contributed by atoms with Crippen LogP contribution in [0.15, 0.2) is 48.8 Å². The fourth-order valence-corrected chi connectivity index (χ4v) is 3.64. The lowest BCUT2D eigenvalue weighted by molar-refractivity contribution is 0.241. The van der Waals surface area contributed by atoms with E-state index in [4.69, 9.17) is 9.97 Å². The molecule has 1 aliphatic rings. The highest BCUT2D eigenvalue weighted by atomic mass is 19.1. The number of hydrogen-bond acceptors (Lipinski definition) is 6. The van der Waals surface area contributed by atoms with E-state index >= 15 is 0 Å². The monoisotopic (exact) mass is 406 g/mol. The highest BCUT2D eigenvalue weighted by Gasteiger charge is 2.23. The van der Waals surface area contributed by atoms with Gasteiger partial charge in [0.1, 0.15) is 11.6 Å². The predicted octanol–water partition coefficient (Wildman–Crippen LogP) is 3.21. The highest BCUT2D eigenvalue weighted by Crippen LogP contribution is 2.27. The number of nitrogens with zero attached hydrogens (tertiary/aromatic N) is 5. The van der Waals surface area contributed by atoms with E-state index in [0.717, 1.165) is 61.8 Å². The van der Waals surface area contributed by atoms with Crippen molar-refractivity contribution in [3.63, 3.8) is 0 Å². The smallest absolute Gasteiger partial charge is 0.161 e. The number of likely N-dealkylation sites (N-methyl/N-ethyl adjacent to an activating group) is 1. The second-order valence-electron chi connectivity index (χ2n) is 7.87. The molecule has 0 aliphatic carbocycles. The summed E-state index contributed by atoms with van der Waals surface area (Å²) < 4.78 is 13.2. The van der Waals surface area contributed by atoms with Gasteiger partial charge in [0.2, 0.25) is 0 Å². The second kappa shape index (κ2) is 9.28. The molecule has 3 aromatic rings.